The fourth-order valence-corrected chi connectivity index (χ4v) is 5.12. The number of benzene rings is 2. The molecule has 1 aliphatic rings. The summed E-state index contributed by atoms with van der Waals surface area (Å²) in [5, 5.41) is 2.64. The molecule has 0 bridgehead atoms. The maximum atomic E-state index is 12.6. The molecule has 2 aromatic rings. The van der Waals surface area contributed by atoms with Gasteiger partial charge < -0.3 is 10.2 Å². The van der Waals surface area contributed by atoms with E-state index in [0.717, 1.165) is 17.5 Å². The van der Waals surface area contributed by atoms with Gasteiger partial charge in [0, 0.05) is 39.6 Å². The van der Waals surface area contributed by atoms with Gasteiger partial charge in [-0.05, 0) is 40.2 Å². The Morgan fingerprint density at radius 3 is 1.94 bits per heavy atom. The molecule has 1 saturated heterocycles. The van der Waals surface area contributed by atoms with Crippen LogP contribution in [0.25, 0.3) is 0 Å². The van der Waals surface area contributed by atoms with Crippen LogP contribution in [0.1, 0.15) is 64.2 Å². The van der Waals surface area contributed by atoms with Crippen molar-refractivity contribution in [3.8, 4) is 0 Å². The molecule has 35 heavy (non-hydrogen) atoms. The summed E-state index contributed by atoms with van der Waals surface area (Å²) in [5.41, 5.74) is 3.75. The molecule has 0 aliphatic carbocycles. The fourth-order valence-electron chi connectivity index (χ4n) is 3.70. The first-order valence-corrected chi connectivity index (χ1v) is 13.4. The van der Waals surface area contributed by atoms with Crippen LogP contribution in [0.4, 0.5) is 0 Å². The van der Waals surface area contributed by atoms with Crippen LogP contribution < -0.4 is 5.32 Å². The van der Waals surface area contributed by atoms with E-state index in [4.69, 9.17) is 0 Å². The highest BCUT2D eigenvalue weighted by Crippen LogP contribution is 2.22. The Kier molecular flexibility index (Phi) is 10.0. The second-order valence-corrected chi connectivity index (χ2v) is 12.0. The third kappa shape index (κ3) is 8.18. The highest BCUT2D eigenvalue weighted by Gasteiger charge is 2.29. The van der Waals surface area contributed by atoms with Crippen molar-refractivity contribution in [3.63, 3.8) is 0 Å². The quantitative estimate of drug-likeness (QED) is 0.609. The third-order valence-electron chi connectivity index (χ3n) is 6.08. The largest absolute Gasteiger partial charge is 0.355 e. The lowest BCUT2D eigenvalue weighted by atomic mass is 9.87. The Hall–Kier alpha value is -2.71. The minimum absolute atomic E-state index is 0.00617. The molecular weight excluding hydrogens is 462 g/mol. The maximum Gasteiger partial charge on any atom is 0.243 e. The lowest BCUT2D eigenvalue weighted by molar-refractivity contribution is -0.130. The Labute approximate surface area is 210 Å². The summed E-state index contributed by atoms with van der Waals surface area (Å²) in [6.45, 7) is 14.4. The number of carbonyl (C=O) groups is 2. The van der Waals surface area contributed by atoms with E-state index in [2.05, 4.69) is 64.2 Å². The van der Waals surface area contributed by atoms with Crippen molar-refractivity contribution in [2.45, 2.75) is 64.3 Å². The Morgan fingerprint density at radius 2 is 1.51 bits per heavy atom. The maximum absolute atomic E-state index is 12.6. The van der Waals surface area contributed by atoms with Crippen LogP contribution in [0.5, 0.6) is 0 Å². The van der Waals surface area contributed by atoms with E-state index in [1.165, 1.54) is 16.8 Å². The summed E-state index contributed by atoms with van der Waals surface area (Å²) in [5.74, 6) is 0.370. The molecule has 3 rings (SSSR count). The van der Waals surface area contributed by atoms with Crippen LogP contribution in [0, 0.1) is 0 Å². The number of sulfonamides is 1. The minimum atomic E-state index is -3.46. The molecule has 0 atom stereocenters. The molecule has 192 valence electrons. The molecule has 0 aromatic heterocycles. The normalized spacial score (nSPS) is 14.8. The molecule has 2 amide bonds. The van der Waals surface area contributed by atoms with Gasteiger partial charge in [0.25, 0.3) is 0 Å². The minimum Gasteiger partial charge on any atom is -0.355 e. The molecule has 2 aromatic carbocycles. The molecular formula is C27H39N3O4S. The fraction of sp³-hybridized carbons (Fsp3) is 0.481. The van der Waals surface area contributed by atoms with Gasteiger partial charge in [0.1, 0.15) is 0 Å². The first-order chi connectivity index (χ1) is 16.4. The molecule has 0 radical (unpaired) electrons. The average Bonchev–Trinajstić information content (AvgIpc) is 2.83. The van der Waals surface area contributed by atoms with E-state index in [-0.39, 0.29) is 11.3 Å². The molecule has 8 heteroatoms. The number of hydrogen-bond acceptors (Lipinski definition) is 4. The van der Waals surface area contributed by atoms with Gasteiger partial charge in [-0.1, -0.05) is 71.0 Å². The second kappa shape index (κ2) is 12.3. The molecule has 1 fully saturated rings. The second-order valence-electron chi connectivity index (χ2n) is 10.1. The first kappa shape index (κ1) is 28.5. The van der Waals surface area contributed by atoms with Gasteiger partial charge in [-0.3, -0.25) is 9.59 Å². The summed E-state index contributed by atoms with van der Waals surface area (Å²) in [7, 11) is -3.46. The summed E-state index contributed by atoms with van der Waals surface area (Å²) in [4.78, 5) is 23.4. The van der Waals surface area contributed by atoms with Gasteiger partial charge in [0.15, 0.2) is 0 Å². The van der Waals surface area contributed by atoms with Gasteiger partial charge in [-0.2, -0.15) is 4.31 Å². The SMILES string of the molecule is CC(=O)N1CCN(S(=O)(=O)c2ccc(C(C)C)cc2)CC1.CC(C)(C)c1ccc(CNC=O)cc1. The zero-order valence-electron chi connectivity index (χ0n) is 21.7. The number of amides is 2. The molecule has 7 nitrogen and oxygen atoms in total. The summed E-state index contributed by atoms with van der Waals surface area (Å²) < 4.78 is 26.6. The van der Waals surface area contributed by atoms with Crippen molar-refractivity contribution in [1.82, 2.24) is 14.5 Å². The topological polar surface area (TPSA) is 86.8 Å². The summed E-state index contributed by atoms with van der Waals surface area (Å²) >= 11 is 0. The smallest absolute Gasteiger partial charge is 0.243 e. The zero-order chi connectivity index (χ0) is 26.2. The molecule has 1 heterocycles. The van der Waals surface area contributed by atoms with E-state index in [9.17, 15) is 18.0 Å². The summed E-state index contributed by atoms with van der Waals surface area (Å²) in [6.07, 6.45) is 0.720. The predicted octanol–water partition coefficient (Wildman–Crippen LogP) is 3.89. The van der Waals surface area contributed by atoms with Crippen LogP contribution in [-0.4, -0.2) is 56.1 Å². The van der Waals surface area contributed by atoms with Gasteiger partial charge >= 0.3 is 0 Å². The predicted molar refractivity (Wildman–Crippen MR) is 140 cm³/mol. The number of rotatable bonds is 6. The van der Waals surface area contributed by atoms with Crippen LogP contribution >= 0.6 is 0 Å². The Balaban J connectivity index is 0.000000269. The highest BCUT2D eigenvalue weighted by atomic mass is 32.2. The average molecular weight is 502 g/mol. The number of nitrogens with zero attached hydrogens (tertiary/aromatic N) is 2. The Morgan fingerprint density at radius 1 is 0.971 bits per heavy atom. The molecule has 0 unspecified atom stereocenters. The van der Waals surface area contributed by atoms with Crippen molar-refractivity contribution in [1.29, 1.82) is 0 Å². The van der Waals surface area contributed by atoms with E-state index in [0.29, 0.717) is 43.5 Å². The third-order valence-corrected chi connectivity index (χ3v) is 7.99. The van der Waals surface area contributed by atoms with E-state index < -0.39 is 10.0 Å². The van der Waals surface area contributed by atoms with Gasteiger partial charge in [-0.25, -0.2) is 8.42 Å². The van der Waals surface area contributed by atoms with Gasteiger partial charge in [0.05, 0.1) is 4.90 Å². The van der Waals surface area contributed by atoms with Crippen molar-refractivity contribution in [3.05, 3.63) is 65.2 Å². The standard InChI is InChI=1S/C15H22N2O3S.C12H17NO/c1-12(2)14-4-6-15(7-5-14)21(19,20)17-10-8-16(9-11-17)13(3)18;1-12(2,3)11-6-4-10(5-7-11)8-13-9-14/h4-7,12H,8-11H2,1-3H3;4-7,9H,8H2,1-3H3,(H,13,14). The lowest BCUT2D eigenvalue weighted by Gasteiger charge is -2.33. The monoisotopic (exact) mass is 501 g/mol. The highest BCUT2D eigenvalue weighted by molar-refractivity contribution is 7.89. The van der Waals surface area contributed by atoms with Crippen molar-refractivity contribution >= 4 is 22.3 Å². The summed E-state index contributed by atoms with van der Waals surface area (Å²) in [6, 6.07) is 15.4. The van der Waals surface area contributed by atoms with Gasteiger partial charge in [0.2, 0.25) is 22.3 Å². The lowest BCUT2D eigenvalue weighted by Crippen LogP contribution is -2.49. The van der Waals surface area contributed by atoms with E-state index in [1.54, 1.807) is 17.0 Å². The number of hydrogen-bond donors (Lipinski definition) is 1. The van der Waals surface area contributed by atoms with Crippen LogP contribution in [0.15, 0.2) is 53.4 Å². The van der Waals surface area contributed by atoms with Crippen LogP contribution in [0.3, 0.4) is 0 Å². The van der Waals surface area contributed by atoms with Crippen molar-refractivity contribution < 1.29 is 18.0 Å². The van der Waals surface area contributed by atoms with Gasteiger partial charge in [-0.15, -0.1) is 0 Å². The Bertz CT molecular complexity index is 1060. The van der Waals surface area contributed by atoms with Crippen LogP contribution in [-0.2, 0) is 31.6 Å². The van der Waals surface area contributed by atoms with Crippen molar-refractivity contribution in [2.24, 2.45) is 0 Å². The van der Waals surface area contributed by atoms with E-state index in [1.807, 2.05) is 12.1 Å². The zero-order valence-corrected chi connectivity index (χ0v) is 22.6. The first-order valence-electron chi connectivity index (χ1n) is 12.0. The van der Waals surface area contributed by atoms with Crippen LogP contribution in [0.2, 0.25) is 0 Å². The molecule has 1 aliphatic heterocycles. The molecule has 1 N–H and O–H groups in total. The molecule has 0 spiro atoms. The van der Waals surface area contributed by atoms with E-state index >= 15 is 0 Å². The number of piperazine rings is 1. The van der Waals surface area contributed by atoms with Crippen molar-refractivity contribution in [2.75, 3.05) is 26.2 Å². The number of carbonyl (C=O) groups excluding carboxylic acids is 2. The number of nitrogens with one attached hydrogen (secondary N) is 1. The molecule has 0 saturated carbocycles.